The third kappa shape index (κ3) is 1.58. The van der Waals surface area contributed by atoms with Crippen LogP contribution >= 0.6 is 0 Å². The van der Waals surface area contributed by atoms with Crippen LogP contribution in [-0.2, 0) is 6.42 Å². The molecule has 0 unspecified atom stereocenters. The third-order valence-electron chi connectivity index (χ3n) is 4.95. The summed E-state index contributed by atoms with van der Waals surface area (Å²) in [6.07, 6.45) is 5.79. The van der Waals surface area contributed by atoms with Gasteiger partial charge in [-0.1, -0.05) is 12.8 Å². The Labute approximate surface area is 108 Å². The van der Waals surface area contributed by atoms with E-state index < -0.39 is 0 Å². The summed E-state index contributed by atoms with van der Waals surface area (Å²) in [5.74, 6) is 1.43. The zero-order chi connectivity index (χ0) is 12.9. The molecule has 0 amide bonds. The van der Waals surface area contributed by atoms with E-state index in [0.29, 0.717) is 17.5 Å². The zero-order valence-electron chi connectivity index (χ0n) is 11.1. The lowest BCUT2D eigenvalue weighted by atomic mass is 9.87. The lowest BCUT2D eigenvalue weighted by Crippen LogP contribution is -2.18. The fourth-order valence-corrected chi connectivity index (χ4v) is 3.73. The van der Waals surface area contributed by atoms with Gasteiger partial charge in [-0.25, -0.2) is 0 Å². The molecule has 1 N–H and O–H groups in total. The molecule has 0 radical (unpaired) electrons. The molecule has 2 aliphatic rings. The molecule has 2 nitrogen and oxygen atoms in total. The van der Waals surface area contributed by atoms with Gasteiger partial charge in [0.1, 0.15) is 5.75 Å². The van der Waals surface area contributed by atoms with Crippen LogP contribution in [0, 0.1) is 25.7 Å². The Balaban J connectivity index is 2.01. The van der Waals surface area contributed by atoms with Crippen molar-refractivity contribution in [3.05, 3.63) is 28.3 Å². The van der Waals surface area contributed by atoms with Gasteiger partial charge in [0.2, 0.25) is 0 Å². The Hall–Kier alpha value is -1.31. The second-order valence-corrected chi connectivity index (χ2v) is 5.90. The molecule has 0 saturated heterocycles. The average molecular weight is 244 g/mol. The first kappa shape index (κ1) is 11.8. The Morgan fingerprint density at radius 3 is 2.50 bits per heavy atom. The maximum Gasteiger partial charge on any atom is 0.167 e. The first-order valence-electron chi connectivity index (χ1n) is 6.96. The molecular formula is C16H20O2. The van der Waals surface area contributed by atoms with Gasteiger partial charge in [0.15, 0.2) is 5.78 Å². The van der Waals surface area contributed by atoms with E-state index in [9.17, 15) is 9.90 Å². The van der Waals surface area contributed by atoms with Crippen LogP contribution in [-0.4, -0.2) is 10.9 Å². The van der Waals surface area contributed by atoms with Gasteiger partial charge in [0, 0.05) is 11.5 Å². The number of carbonyl (C=O) groups is 1. The number of ketones is 1. The van der Waals surface area contributed by atoms with Crippen LogP contribution < -0.4 is 0 Å². The predicted octanol–water partition coefficient (Wildman–Crippen LogP) is 3.55. The maximum atomic E-state index is 12.6. The summed E-state index contributed by atoms with van der Waals surface area (Å²) < 4.78 is 0. The standard InChI is InChI=1S/C16H20O2/c1-9-10(2)15-12(8-14(9)17)7-13(16(15)18)11-5-3-4-6-11/h8,11,13,17H,3-7H2,1-2H3/t13-/m1/s1. The molecule has 96 valence electrons. The summed E-state index contributed by atoms with van der Waals surface area (Å²) in [4.78, 5) is 12.6. The van der Waals surface area contributed by atoms with Gasteiger partial charge < -0.3 is 5.11 Å². The average Bonchev–Trinajstić information content (AvgIpc) is 2.94. The van der Waals surface area contributed by atoms with Crippen LogP contribution in [0.25, 0.3) is 0 Å². The quantitative estimate of drug-likeness (QED) is 0.820. The van der Waals surface area contributed by atoms with E-state index >= 15 is 0 Å². The van der Waals surface area contributed by atoms with Crippen LogP contribution in [0.5, 0.6) is 5.75 Å². The van der Waals surface area contributed by atoms with Crippen LogP contribution in [0.15, 0.2) is 6.07 Å². The molecule has 0 spiro atoms. The molecule has 0 aromatic heterocycles. The van der Waals surface area contributed by atoms with Crippen molar-refractivity contribution in [3.8, 4) is 5.75 Å². The Kier molecular flexibility index (Phi) is 2.69. The van der Waals surface area contributed by atoms with Crippen molar-refractivity contribution >= 4 is 5.78 Å². The fraction of sp³-hybridized carbons (Fsp3) is 0.562. The van der Waals surface area contributed by atoms with E-state index in [0.717, 1.165) is 28.7 Å². The van der Waals surface area contributed by atoms with Crippen molar-refractivity contribution in [2.24, 2.45) is 11.8 Å². The Morgan fingerprint density at radius 1 is 1.17 bits per heavy atom. The number of benzene rings is 1. The van der Waals surface area contributed by atoms with Crippen molar-refractivity contribution in [2.45, 2.75) is 46.0 Å². The zero-order valence-corrected chi connectivity index (χ0v) is 11.1. The topological polar surface area (TPSA) is 37.3 Å². The summed E-state index contributed by atoms with van der Waals surface area (Å²) in [5.41, 5.74) is 3.81. The number of phenols is 1. The van der Waals surface area contributed by atoms with Gasteiger partial charge in [-0.05, 0) is 61.8 Å². The molecule has 1 atom stereocenters. The summed E-state index contributed by atoms with van der Waals surface area (Å²) in [6.45, 7) is 3.85. The third-order valence-corrected chi connectivity index (χ3v) is 4.95. The molecule has 3 rings (SSSR count). The minimum atomic E-state index is 0.183. The molecule has 1 aromatic carbocycles. The van der Waals surface area contributed by atoms with Gasteiger partial charge in [-0.15, -0.1) is 0 Å². The minimum absolute atomic E-state index is 0.183. The first-order chi connectivity index (χ1) is 8.59. The van der Waals surface area contributed by atoms with Gasteiger partial charge in [-0.3, -0.25) is 4.79 Å². The monoisotopic (exact) mass is 244 g/mol. The second kappa shape index (κ2) is 4.11. The highest BCUT2D eigenvalue weighted by molar-refractivity contribution is 6.04. The fourth-order valence-electron chi connectivity index (χ4n) is 3.73. The van der Waals surface area contributed by atoms with Crippen LogP contribution in [0.1, 0.15) is 52.7 Å². The summed E-state index contributed by atoms with van der Waals surface area (Å²) in [5, 5.41) is 9.89. The van der Waals surface area contributed by atoms with Crippen molar-refractivity contribution in [1.29, 1.82) is 0 Å². The van der Waals surface area contributed by atoms with Crippen molar-refractivity contribution < 1.29 is 9.90 Å². The van der Waals surface area contributed by atoms with E-state index in [1.165, 1.54) is 25.7 Å². The summed E-state index contributed by atoms with van der Waals surface area (Å²) in [7, 11) is 0. The molecule has 1 aromatic rings. The van der Waals surface area contributed by atoms with Crippen molar-refractivity contribution in [2.75, 3.05) is 0 Å². The number of aromatic hydroxyl groups is 1. The van der Waals surface area contributed by atoms with E-state index in [1.807, 2.05) is 19.9 Å². The Morgan fingerprint density at radius 2 is 1.83 bits per heavy atom. The number of Topliss-reactive ketones (excluding diaryl/α,β-unsaturated/α-hetero) is 1. The molecule has 18 heavy (non-hydrogen) atoms. The van der Waals surface area contributed by atoms with E-state index in [2.05, 4.69) is 0 Å². The van der Waals surface area contributed by atoms with Gasteiger partial charge >= 0.3 is 0 Å². The highest BCUT2D eigenvalue weighted by Gasteiger charge is 2.38. The number of fused-ring (bicyclic) bond motifs is 1. The second-order valence-electron chi connectivity index (χ2n) is 5.90. The number of phenolic OH excluding ortho intramolecular Hbond substituents is 1. The van der Waals surface area contributed by atoms with Gasteiger partial charge in [0.05, 0.1) is 0 Å². The molecular weight excluding hydrogens is 224 g/mol. The predicted molar refractivity (Wildman–Crippen MR) is 71.1 cm³/mol. The molecule has 2 aliphatic carbocycles. The van der Waals surface area contributed by atoms with E-state index in [-0.39, 0.29) is 5.92 Å². The molecule has 1 fully saturated rings. The van der Waals surface area contributed by atoms with Crippen LogP contribution in [0.2, 0.25) is 0 Å². The van der Waals surface area contributed by atoms with E-state index in [1.54, 1.807) is 0 Å². The van der Waals surface area contributed by atoms with Gasteiger partial charge in [0.25, 0.3) is 0 Å². The summed E-state index contributed by atoms with van der Waals surface area (Å²) in [6, 6.07) is 1.81. The number of hydrogen-bond acceptors (Lipinski definition) is 2. The summed E-state index contributed by atoms with van der Waals surface area (Å²) >= 11 is 0. The maximum absolute atomic E-state index is 12.6. The SMILES string of the molecule is Cc1c(O)cc2c(c1C)C(=O)[C@@H](C1CCCC1)C2. The number of rotatable bonds is 1. The molecule has 2 heteroatoms. The molecule has 0 bridgehead atoms. The largest absolute Gasteiger partial charge is 0.508 e. The van der Waals surface area contributed by atoms with Crippen LogP contribution in [0.3, 0.4) is 0 Å². The van der Waals surface area contributed by atoms with E-state index in [4.69, 9.17) is 0 Å². The van der Waals surface area contributed by atoms with Crippen molar-refractivity contribution in [3.63, 3.8) is 0 Å². The highest BCUT2D eigenvalue weighted by Crippen LogP contribution is 2.42. The first-order valence-corrected chi connectivity index (χ1v) is 6.96. The van der Waals surface area contributed by atoms with Crippen molar-refractivity contribution in [1.82, 2.24) is 0 Å². The normalized spacial score (nSPS) is 23.7. The molecule has 0 heterocycles. The lowest BCUT2D eigenvalue weighted by Gasteiger charge is -2.15. The minimum Gasteiger partial charge on any atom is -0.508 e. The number of carbonyl (C=O) groups excluding carboxylic acids is 1. The molecule has 1 saturated carbocycles. The van der Waals surface area contributed by atoms with Gasteiger partial charge in [-0.2, -0.15) is 0 Å². The lowest BCUT2D eigenvalue weighted by molar-refractivity contribution is 0.0894. The molecule has 0 aliphatic heterocycles. The Bertz CT molecular complexity index is 510. The highest BCUT2D eigenvalue weighted by atomic mass is 16.3. The number of hydrogen-bond donors (Lipinski definition) is 1. The smallest absolute Gasteiger partial charge is 0.167 e. The van der Waals surface area contributed by atoms with Crippen LogP contribution in [0.4, 0.5) is 0 Å².